The molecule has 1 radical (unpaired) electrons. The van der Waals surface area contributed by atoms with Crippen molar-refractivity contribution >= 4 is 53.0 Å². The van der Waals surface area contributed by atoms with Gasteiger partial charge in [0.15, 0.2) is 0 Å². The third-order valence-corrected chi connectivity index (χ3v) is 6.81. The van der Waals surface area contributed by atoms with Gasteiger partial charge in [0, 0.05) is 102 Å². The molecular formula is C32H40BN6. The fraction of sp³-hybridized carbons (Fsp3) is 0.250. The van der Waals surface area contributed by atoms with Crippen LogP contribution in [0.5, 0.6) is 0 Å². The largest absolute Gasteiger partial charge is 0.401 e. The number of anilines is 8. The number of benzene rings is 4. The van der Waals surface area contributed by atoms with Crippen LogP contribution >= 0.6 is 0 Å². The lowest BCUT2D eigenvalue weighted by Crippen LogP contribution is -2.36. The first-order valence-corrected chi connectivity index (χ1v) is 13.2. The molecular weight excluding hydrogens is 479 g/mol. The zero-order valence-electron chi connectivity index (χ0n) is 24.5. The van der Waals surface area contributed by atoms with Gasteiger partial charge in [0.1, 0.15) is 0 Å². The fourth-order valence-corrected chi connectivity index (χ4v) is 4.33. The van der Waals surface area contributed by atoms with Crippen LogP contribution in [0.2, 0.25) is 0 Å². The first-order valence-electron chi connectivity index (χ1n) is 13.2. The first-order chi connectivity index (χ1) is 18.6. The van der Waals surface area contributed by atoms with Crippen molar-refractivity contribution in [1.29, 1.82) is 0 Å². The molecule has 0 aliphatic carbocycles. The maximum Gasteiger partial charge on any atom is 0.401 e. The molecule has 6 nitrogen and oxygen atoms in total. The average molecular weight is 520 g/mol. The summed E-state index contributed by atoms with van der Waals surface area (Å²) in [5, 5.41) is 0. The van der Waals surface area contributed by atoms with E-state index < -0.39 is 0 Å². The second-order valence-corrected chi connectivity index (χ2v) is 10.5. The molecule has 0 aliphatic rings. The molecule has 0 unspecified atom stereocenters. The molecule has 4 aromatic carbocycles. The molecule has 0 heterocycles. The summed E-state index contributed by atoms with van der Waals surface area (Å²) in [5.74, 6) is 0. The van der Waals surface area contributed by atoms with E-state index in [1.807, 2.05) is 0 Å². The van der Waals surface area contributed by atoms with E-state index in [9.17, 15) is 0 Å². The van der Waals surface area contributed by atoms with Crippen LogP contribution in [-0.2, 0) is 0 Å². The molecule has 4 rings (SSSR count). The van der Waals surface area contributed by atoms with Crippen LogP contribution < -0.4 is 29.2 Å². The van der Waals surface area contributed by atoms with Crippen LogP contribution in [0.15, 0.2) is 97.1 Å². The van der Waals surface area contributed by atoms with Crippen LogP contribution in [0, 0.1) is 0 Å². The van der Waals surface area contributed by atoms with E-state index in [1.165, 1.54) is 0 Å². The minimum atomic E-state index is 1.08. The summed E-state index contributed by atoms with van der Waals surface area (Å²) in [7, 11) is 18.7. The first kappa shape index (κ1) is 27.8. The van der Waals surface area contributed by atoms with Crippen LogP contribution in [0.4, 0.5) is 45.5 Å². The zero-order valence-corrected chi connectivity index (χ0v) is 24.5. The van der Waals surface area contributed by atoms with E-state index in [0.29, 0.717) is 0 Å². The molecule has 0 saturated carbocycles. The molecule has 4 aromatic rings. The smallest absolute Gasteiger partial charge is 0.378 e. The van der Waals surface area contributed by atoms with Gasteiger partial charge in [-0.3, -0.25) is 0 Å². The second-order valence-electron chi connectivity index (χ2n) is 10.5. The molecule has 0 spiro atoms. The predicted octanol–water partition coefficient (Wildman–Crippen LogP) is 6.46. The summed E-state index contributed by atoms with van der Waals surface area (Å²) in [6.07, 6.45) is 0. The van der Waals surface area contributed by atoms with E-state index in [0.717, 1.165) is 45.5 Å². The molecule has 0 N–H and O–H groups in total. The van der Waals surface area contributed by atoms with Gasteiger partial charge in [-0.2, -0.15) is 0 Å². The van der Waals surface area contributed by atoms with Crippen LogP contribution in [0.25, 0.3) is 0 Å². The SMILES string of the molecule is CN(C)c1ccc(N([B]N(c2ccc(N(C)C)cc2)c2ccc(N(C)C)cc2)c2ccc(N(C)C)cc2)cc1. The molecule has 0 saturated heterocycles. The molecule has 7 heteroatoms. The second kappa shape index (κ2) is 12.1. The maximum atomic E-state index is 2.25. The Labute approximate surface area is 235 Å². The van der Waals surface area contributed by atoms with E-state index >= 15 is 0 Å². The van der Waals surface area contributed by atoms with E-state index in [-0.39, 0.29) is 0 Å². The summed E-state index contributed by atoms with van der Waals surface area (Å²) in [4.78, 5) is 13.0. The lowest BCUT2D eigenvalue weighted by atomic mass is 9.96. The summed E-state index contributed by atoms with van der Waals surface area (Å²) < 4.78 is 0. The third kappa shape index (κ3) is 6.61. The van der Waals surface area contributed by atoms with E-state index in [4.69, 9.17) is 0 Å². The molecule has 39 heavy (non-hydrogen) atoms. The lowest BCUT2D eigenvalue weighted by Gasteiger charge is -2.33. The number of rotatable bonds is 10. The van der Waals surface area contributed by atoms with Gasteiger partial charge in [-0.15, -0.1) is 0 Å². The number of nitrogens with zero attached hydrogens (tertiary/aromatic N) is 6. The Balaban J connectivity index is 1.79. The molecule has 0 atom stereocenters. The van der Waals surface area contributed by atoms with Crippen molar-refractivity contribution < 1.29 is 0 Å². The predicted molar refractivity (Wildman–Crippen MR) is 173 cm³/mol. The van der Waals surface area contributed by atoms with Crippen molar-refractivity contribution in [3.63, 3.8) is 0 Å². The molecule has 0 aliphatic heterocycles. The van der Waals surface area contributed by atoms with Crippen molar-refractivity contribution in [2.45, 2.75) is 0 Å². The van der Waals surface area contributed by atoms with Gasteiger partial charge in [-0.1, -0.05) is 0 Å². The third-order valence-electron chi connectivity index (χ3n) is 6.81. The Bertz CT molecular complexity index is 1110. The van der Waals surface area contributed by atoms with Crippen molar-refractivity contribution in [3.05, 3.63) is 97.1 Å². The fourth-order valence-electron chi connectivity index (χ4n) is 4.33. The van der Waals surface area contributed by atoms with Crippen molar-refractivity contribution in [1.82, 2.24) is 0 Å². The van der Waals surface area contributed by atoms with Gasteiger partial charge in [-0.05, 0) is 97.1 Å². The highest BCUT2D eigenvalue weighted by atomic mass is 15.2. The molecule has 0 amide bonds. The van der Waals surface area contributed by atoms with Crippen molar-refractivity contribution in [2.24, 2.45) is 0 Å². The monoisotopic (exact) mass is 519 g/mol. The molecule has 0 bridgehead atoms. The topological polar surface area (TPSA) is 19.4 Å². The highest BCUT2D eigenvalue weighted by Gasteiger charge is 2.21. The van der Waals surface area contributed by atoms with Gasteiger partial charge in [0.2, 0.25) is 0 Å². The molecule has 0 aromatic heterocycles. The van der Waals surface area contributed by atoms with Crippen LogP contribution in [-0.4, -0.2) is 63.9 Å². The quantitative estimate of drug-likeness (QED) is 0.223. The van der Waals surface area contributed by atoms with E-state index in [2.05, 4.69) is 190 Å². The summed E-state index contributed by atoms with van der Waals surface area (Å²) >= 11 is 0. The Kier molecular flexibility index (Phi) is 8.60. The average Bonchev–Trinajstić information content (AvgIpc) is 2.94. The van der Waals surface area contributed by atoms with Gasteiger partial charge >= 0.3 is 7.55 Å². The Hall–Kier alpha value is -4.26. The zero-order chi connectivity index (χ0) is 28.1. The normalized spacial score (nSPS) is 10.6. The van der Waals surface area contributed by atoms with E-state index in [1.54, 1.807) is 0 Å². The van der Waals surface area contributed by atoms with Crippen LogP contribution in [0.3, 0.4) is 0 Å². The van der Waals surface area contributed by atoms with Crippen LogP contribution in [0.1, 0.15) is 0 Å². The minimum absolute atomic E-state index is 1.08. The van der Waals surface area contributed by atoms with Crippen molar-refractivity contribution in [2.75, 3.05) is 85.6 Å². The minimum Gasteiger partial charge on any atom is -0.378 e. The van der Waals surface area contributed by atoms with Crippen molar-refractivity contribution in [3.8, 4) is 0 Å². The Morgan fingerprint density at radius 3 is 0.590 bits per heavy atom. The highest BCUT2D eigenvalue weighted by Crippen LogP contribution is 2.33. The maximum absolute atomic E-state index is 2.25. The Morgan fingerprint density at radius 1 is 0.282 bits per heavy atom. The Morgan fingerprint density at radius 2 is 0.436 bits per heavy atom. The summed E-state index contributed by atoms with van der Waals surface area (Å²) in [5.41, 5.74) is 8.98. The van der Waals surface area contributed by atoms with Gasteiger partial charge in [-0.25, -0.2) is 0 Å². The highest BCUT2D eigenvalue weighted by molar-refractivity contribution is 6.51. The molecule has 201 valence electrons. The lowest BCUT2D eigenvalue weighted by molar-refractivity contribution is 1.13. The number of hydrogen-bond donors (Lipinski definition) is 0. The van der Waals surface area contributed by atoms with Gasteiger partial charge < -0.3 is 29.2 Å². The number of hydrogen-bond acceptors (Lipinski definition) is 6. The summed E-state index contributed by atoms with van der Waals surface area (Å²) in [6.45, 7) is 0. The van der Waals surface area contributed by atoms with Gasteiger partial charge in [0.25, 0.3) is 0 Å². The molecule has 0 fully saturated rings. The summed E-state index contributed by atoms with van der Waals surface area (Å²) in [6, 6.07) is 34.7. The van der Waals surface area contributed by atoms with Gasteiger partial charge in [0.05, 0.1) is 0 Å². The standard InChI is InChI=1S/C32H40BN6/c1-34(2)25-9-17-29(18-10-25)38(30-19-11-26(12-20-30)35(3)4)33-39(31-21-13-27(14-22-31)36(5)6)32-23-15-28(16-24-32)37(7)8/h9-24H,1-8H3.